The lowest BCUT2D eigenvalue weighted by atomic mass is 10.2. The molecule has 8 heteroatoms. The van der Waals surface area contributed by atoms with Gasteiger partial charge >= 0.3 is 12.0 Å². The van der Waals surface area contributed by atoms with Crippen LogP contribution in [0.5, 0.6) is 0 Å². The average Bonchev–Trinajstić information content (AvgIpc) is 2.92. The van der Waals surface area contributed by atoms with E-state index in [4.69, 9.17) is 5.11 Å². The molecule has 0 atom stereocenters. The first-order chi connectivity index (χ1) is 9.66. The number of carboxylic acid groups (broad SMARTS) is 1. The number of nitrogens with zero attached hydrogens (tertiary/aromatic N) is 2. The molecule has 1 aromatic carbocycles. The summed E-state index contributed by atoms with van der Waals surface area (Å²) in [5.74, 6) is -0.432. The third-order valence-electron chi connectivity index (χ3n) is 2.52. The Kier molecular flexibility index (Phi) is 4.28. The number of carbonyl (C=O) groups excluding carboxylic acids is 1. The molecule has 0 unspecified atom stereocenters. The van der Waals surface area contributed by atoms with Crippen molar-refractivity contribution >= 4 is 17.7 Å². The number of para-hydroxylation sites is 1. The highest BCUT2D eigenvalue weighted by Crippen LogP contribution is 2.14. The van der Waals surface area contributed by atoms with Crippen LogP contribution in [0.1, 0.15) is 16.2 Å². The number of aromatic amines is 1. The first-order valence-electron chi connectivity index (χ1n) is 5.88. The zero-order chi connectivity index (χ0) is 14.4. The number of hydrogen-bond donors (Lipinski definition) is 4. The number of nitrogens with one attached hydrogen (secondary N) is 3. The van der Waals surface area contributed by atoms with E-state index in [2.05, 4.69) is 25.8 Å². The van der Waals surface area contributed by atoms with Gasteiger partial charge in [-0.1, -0.05) is 12.1 Å². The highest BCUT2D eigenvalue weighted by molar-refractivity contribution is 5.99. The second-order valence-corrected chi connectivity index (χ2v) is 3.91. The van der Waals surface area contributed by atoms with Gasteiger partial charge in [-0.2, -0.15) is 5.10 Å². The molecule has 4 N–H and O–H groups in total. The number of carboxylic acids is 1. The summed E-state index contributed by atoms with van der Waals surface area (Å²) in [6.45, 7) is 0.357. The van der Waals surface area contributed by atoms with E-state index in [1.165, 1.54) is 18.5 Å². The largest absolute Gasteiger partial charge is 0.478 e. The quantitative estimate of drug-likeness (QED) is 0.645. The summed E-state index contributed by atoms with van der Waals surface area (Å²) in [6, 6.07) is 5.72. The number of amides is 2. The molecule has 8 nitrogen and oxygen atoms in total. The van der Waals surface area contributed by atoms with Crippen molar-refractivity contribution in [1.29, 1.82) is 0 Å². The van der Waals surface area contributed by atoms with Gasteiger partial charge in [-0.25, -0.2) is 14.6 Å². The zero-order valence-electron chi connectivity index (χ0n) is 10.5. The third kappa shape index (κ3) is 3.55. The minimum absolute atomic E-state index is 0.0397. The molecule has 0 saturated heterocycles. The molecule has 2 aromatic rings. The van der Waals surface area contributed by atoms with Crippen LogP contribution in [0.4, 0.5) is 10.5 Å². The normalized spacial score (nSPS) is 10.0. The molecule has 0 aliphatic carbocycles. The fraction of sp³-hybridized carbons (Fsp3) is 0.167. The summed E-state index contributed by atoms with van der Waals surface area (Å²) in [5.41, 5.74) is 0.287. The maximum Gasteiger partial charge on any atom is 0.337 e. The van der Waals surface area contributed by atoms with E-state index in [0.29, 0.717) is 18.8 Å². The van der Waals surface area contributed by atoms with Gasteiger partial charge in [-0.05, 0) is 12.1 Å². The molecule has 104 valence electrons. The predicted molar refractivity (Wildman–Crippen MR) is 70.5 cm³/mol. The summed E-state index contributed by atoms with van der Waals surface area (Å²) in [7, 11) is 0. The molecule has 0 radical (unpaired) electrons. The van der Waals surface area contributed by atoms with Gasteiger partial charge in [0, 0.05) is 13.0 Å². The van der Waals surface area contributed by atoms with Crippen LogP contribution in [-0.2, 0) is 6.42 Å². The number of carbonyl (C=O) groups is 2. The van der Waals surface area contributed by atoms with Gasteiger partial charge in [0.05, 0.1) is 11.3 Å². The Morgan fingerprint density at radius 1 is 1.30 bits per heavy atom. The molecular weight excluding hydrogens is 262 g/mol. The molecule has 1 aromatic heterocycles. The minimum atomic E-state index is -1.09. The van der Waals surface area contributed by atoms with Crippen molar-refractivity contribution in [2.75, 3.05) is 11.9 Å². The van der Waals surface area contributed by atoms with Crippen LogP contribution in [0.3, 0.4) is 0 Å². The second kappa shape index (κ2) is 6.32. The summed E-state index contributed by atoms with van der Waals surface area (Å²) in [6.07, 6.45) is 1.90. The number of anilines is 1. The van der Waals surface area contributed by atoms with Crippen LogP contribution in [0.15, 0.2) is 30.6 Å². The maximum absolute atomic E-state index is 11.7. The number of H-pyrrole nitrogens is 1. The smallest absolute Gasteiger partial charge is 0.337 e. The number of benzene rings is 1. The number of aromatic carboxylic acids is 1. The average molecular weight is 275 g/mol. The zero-order valence-corrected chi connectivity index (χ0v) is 10.5. The van der Waals surface area contributed by atoms with E-state index in [-0.39, 0.29) is 11.3 Å². The topological polar surface area (TPSA) is 120 Å². The first-order valence-corrected chi connectivity index (χ1v) is 5.88. The molecular formula is C12H13N5O3. The van der Waals surface area contributed by atoms with Crippen molar-refractivity contribution in [2.45, 2.75) is 6.42 Å². The van der Waals surface area contributed by atoms with Crippen LogP contribution in [0.2, 0.25) is 0 Å². The Balaban J connectivity index is 1.87. The molecule has 0 fully saturated rings. The summed E-state index contributed by atoms with van der Waals surface area (Å²) in [5, 5.41) is 20.5. The molecule has 0 saturated carbocycles. The fourth-order valence-electron chi connectivity index (χ4n) is 1.59. The molecule has 2 amide bonds. The molecule has 0 aliphatic rings. The maximum atomic E-state index is 11.7. The number of urea groups is 1. The Hall–Kier alpha value is -2.90. The highest BCUT2D eigenvalue weighted by Gasteiger charge is 2.11. The molecule has 0 bridgehead atoms. The standard InChI is InChI=1S/C12H13N5O3/c18-11(19)8-3-1-2-4-9(8)16-12(20)13-6-5-10-14-7-15-17-10/h1-4,7H,5-6H2,(H,18,19)(H2,13,16,20)(H,14,15,17). The Labute approximate surface area is 114 Å². The first kappa shape index (κ1) is 13.5. The van der Waals surface area contributed by atoms with E-state index < -0.39 is 12.0 Å². The lowest BCUT2D eigenvalue weighted by Gasteiger charge is -2.09. The second-order valence-electron chi connectivity index (χ2n) is 3.91. The van der Waals surface area contributed by atoms with Crippen LogP contribution in [-0.4, -0.2) is 38.8 Å². The fourth-order valence-corrected chi connectivity index (χ4v) is 1.59. The van der Waals surface area contributed by atoms with Gasteiger partial charge in [-0.15, -0.1) is 0 Å². The van der Waals surface area contributed by atoms with Crippen LogP contribution < -0.4 is 10.6 Å². The van der Waals surface area contributed by atoms with Gasteiger partial charge in [-0.3, -0.25) is 5.10 Å². The van der Waals surface area contributed by atoms with Crippen LogP contribution >= 0.6 is 0 Å². The van der Waals surface area contributed by atoms with E-state index in [1.807, 2.05) is 0 Å². The van der Waals surface area contributed by atoms with Crippen molar-refractivity contribution in [1.82, 2.24) is 20.5 Å². The van der Waals surface area contributed by atoms with Crippen molar-refractivity contribution in [3.8, 4) is 0 Å². The van der Waals surface area contributed by atoms with Crippen molar-refractivity contribution in [3.05, 3.63) is 42.0 Å². The van der Waals surface area contributed by atoms with Crippen LogP contribution in [0.25, 0.3) is 0 Å². The van der Waals surface area contributed by atoms with Gasteiger partial charge in [0.25, 0.3) is 0 Å². The van der Waals surface area contributed by atoms with Crippen molar-refractivity contribution in [2.24, 2.45) is 0 Å². The van der Waals surface area contributed by atoms with Crippen molar-refractivity contribution < 1.29 is 14.7 Å². The molecule has 20 heavy (non-hydrogen) atoms. The third-order valence-corrected chi connectivity index (χ3v) is 2.52. The molecule has 0 spiro atoms. The van der Waals surface area contributed by atoms with Gasteiger partial charge in [0.15, 0.2) is 0 Å². The predicted octanol–water partition coefficient (Wildman–Crippen LogP) is 0.867. The SMILES string of the molecule is O=C(NCCc1ncn[nH]1)Nc1ccccc1C(=O)O. The number of aromatic nitrogens is 3. The highest BCUT2D eigenvalue weighted by atomic mass is 16.4. The van der Waals surface area contributed by atoms with Gasteiger partial charge in [0.1, 0.15) is 12.2 Å². The molecule has 1 heterocycles. The minimum Gasteiger partial charge on any atom is -0.478 e. The van der Waals surface area contributed by atoms with E-state index in [0.717, 1.165) is 0 Å². The Morgan fingerprint density at radius 2 is 2.10 bits per heavy atom. The summed E-state index contributed by atoms with van der Waals surface area (Å²) >= 11 is 0. The number of hydrogen-bond acceptors (Lipinski definition) is 4. The summed E-state index contributed by atoms with van der Waals surface area (Å²) < 4.78 is 0. The van der Waals surface area contributed by atoms with E-state index >= 15 is 0 Å². The molecule has 0 aliphatic heterocycles. The van der Waals surface area contributed by atoms with Gasteiger partial charge < -0.3 is 15.7 Å². The van der Waals surface area contributed by atoms with E-state index in [9.17, 15) is 9.59 Å². The van der Waals surface area contributed by atoms with Crippen molar-refractivity contribution in [3.63, 3.8) is 0 Å². The summed E-state index contributed by atoms with van der Waals surface area (Å²) in [4.78, 5) is 26.6. The Bertz CT molecular complexity index is 597. The lowest BCUT2D eigenvalue weighted by Crippen LogP contribution is -2.31. The van der Waals surface area contributed by atoms with Gasteiger partial charge in [0.2, 0.25) is 0 Å². The van der Waals surface area contributed by atoms with Crippen LogP contribution in [0, 0.1) is 0 Å². The monoisotopic (exact) mass is 275 g/mol. The number of rotatable bonds is 5. The Morgan fingerprint density at radius 3 is 2.80 bits per heavy atom. The molecule has 2 rings (SSSR count). The lowest BCUT2D eigenvalue weighted by molar-refractivity contribution is 0.0698. The van der Waals surface area contributed by atoms with E-state index in [1.54, 1.807) is 12.1 Å².